The van der Waals surface area contributed by atoms with Crippen LogP contribution in [0.2, 0.25) is 0 Å². The van der Waals surface area contributed by atoms with E-state index < -0.39 is 0 Å². The number of aliphatic imine (C=N–C) groups is 1. The summed E-state index contributed by atoms with van der Waals surface area (Å²) >= 11 is 0. The fourth-order valence-electron chi connectivity index (χ4n) is 2.84. The molecule has 1 unspecified atom stereocenters. The van der Waals surface area contributed by atoms with Gasteiger partial charge in [0.2, 0.25) is 0 Å². The molecule has 0 bridgehead atoms. The van der Waals surface area contributed by atoms with Crippen molar-refractivity contribution < 1.29 is 9.53 Å². The van der Waals surface area contributed by atoms with E-state index in [9.17, 15) is 4.79 Å². The highest BCUT2D eigenvalue weighted by Crippen LogP contribution is 2.12. The molecule has 0 aliphatic rings. The maximum atomic E-state index is 12.1. The molecule has 6 heteroatoms. The molecule has 29 heavy (non-hydrogen) atoms. The number of nitrogens with one attached hydrogen (secondary N) is 2. The standard InChI is InChI=1S/C23H32N4O2/c1-5-20(29-21-12-7-6-8-13-21)17-26-23(24-2)25-15-14-18-10-9-11-19(16-18)22(28)27(3)4/h6-13,16,20H,5,14-15,17H2,1-4H3,(H2,24,25,26). The zero-order valence-electron chi connectivity index (χ0n) is 17.8. The Morgan fingerprint density at radius 3 is 2.52 bits per heavy atom. The van der Waals surface area contributed by atoms with Crippen LogP contribution in [0.4, 0.5) is 0 Å². The van der Waals surface area contributed by atoms with Crippen molar-refractivity contribution in [3.63, 3.8) is 0 Å². The molecule has 2 rings (SSSR count). The predicted molar refractivity (Wildman–Crippen MR) is 119 cm³/mol. The molecular weight excluding hydrogens is 364 g/mol. The summed E-state index contributed by atoms with van der Waals surface area (Å²) in [7, 11) is 5.28. The van der Waals surface area contributed by atoms with Gasteiger partial charge in [-0.1, -0.05) is 37.3 Å². The Hall–Kier alpha value is -3.02. The van der Waals surface area contributed by atoms with Crippen LogP contribution in [-0.4, -0.2) is 57.1 Å². The lowest BCUT2D eigenvalue weighted by molar-refractivity contribution is 0.0827. The molecule has 0 aliphatic carbocycles. The number of guanidine groups is 1. The lowest BCUT2D eigenvalue weighted by Gasteiger charge is -2.20. The largest absolute Gasteiger partial charge is 0.489 e. The van der Waals surface area contributed by atoms with Crippen LogP contribution in [0.3, 0.4) is 0 Å². The Morgan fingerprint density at radius 1 is 1.10 bits per heavy atom. The number of carbonyl (C=O) groups is 1. The van der Waals surface area contributed by atoms with E-state index in [-0.39, 0.29) is 12.0 Å². The Morgan fingerprint density at radius 2 is 1.86 bits per heavy atom. The summed E-state index contributed by atoms with van der Waals surface area (Å²) in [5.41, 5.74) is 1.82. The third-order valence-electron chi connectivity index (χ3n) is 4.51. The Labute approximate surface area is 174 Å². The third kappa shape index (κ3) is 7.49. The predicted octanol–water partition coefficient (Wildman–Crippen LogP) is 2.95. The minimum atomic E-state index is 0.0151. The van der Waals surface area contributed by atoms with Crippen LogP contribution in [0.25, 0.3) is 0 Å². The highest BCUT2D eigenvalue weighted by atomic mass is 16.5. The number of ether oxygens (including phenoxy) is 1. The highest BCUT2D eigenvalue weighted by molar-refractivity contribution is 5.94. The van der Waals surface area contributed by atoms with Gasteiger partial charge in [-0.25, -0.2) is 0 Å². The number of carbonyl (C=O) groups excluding carboxylic acids is 1. The van der Waals surface area contributed by atoms with Crippen LogP contribution in [0.5, 0.6) is 5.75 Å². The topological polar surface area (TPSA) is 66.0 Å². The van der Waals surface area contributed by atoms with E-state index in [1.165, 1.54) is 0 Å². The average molecular weight is 397 g/mol. The molecule has 2 aromatic rings. The SMILES string of the molecule is CCC(CNC(=NC)NCCc1cccc(C(=O)N(C)C)c1)Oc1ccccc1. The smallest absolute Gasteiger partial charge is 0.253 e. The van der Waals surface area contributed by atoms with Gasteiger partial charge in [0, 0.05) is 33.3 Å². The molecule has 0 spiro atoms. The molecule has 0 heterocycles. The van der Waals surface area contributed by atoms with E-state index in [0.717, 1.165) is 36.7 Å². The maximum Gasteiger partial charge on any atom is 0.253 e. The molecule has 1 atom stereocenters. The molecule has 156 valence electrons. The zero-order valence-corrected chi connectivity index (χ0v) is 17.8. The van der Waals surface area contributed by atoms with Crippen LogP contribution in [0.15, 0.2) is 59.6 Å². The van der Waals surface area contributed by atoms with Crippen LogP contribution >= 0.6 is 0 Å². The van der Waals surface area contributed by atoms with Crippen molar-refractivity contribution >= 4 is 11.9 Å². The van der Waals surface area contributed by atoms with Gasteiger partial charge in [0.1, 0.15) is 11.9 Å². The third-order valence-corrected chi connectivity index (χ3v) is 4.51. The molecule has 0 aromatic heterocycles. The van der Waals surface area contributed by atoms with E-state index in [1.54, 1.807) is 26.0 Å². The Bertz CT molecular complexity index is 790. The summed E-state index contributed by atoms with van der Waals surface area (Å²) in [6.45, 7) is 3.49. The normalized spacial score (nSPS) is 12.2. The van der Waals surface area contributed by atoms with Crippen molar-refractivity contribution in [1.82, 2.24) is 15.5 Å². The van der Waals surface area contributed by atoms with Gasteiger partial charge >= 0.3 is 0 Å². The second-order valence-electron chi connectivity index (χ2n) is 6.99. The number of hydrogen-bond donors (Lipinski definition) is 2. The number of nitrogens with zero attached hydrogens (tertiary/aromatic N) is 2. The molecule has 1 amide bonds. The van der Waals surface area contributed by atoms with Gasteiger partial charge < -0.3 is 20.3 Å². The molecular formula is C23H32N4O2. The van der Waals surface area contributed by atoms with Gasteiger partial charge in [0.15, 0.2) is 5.96 Å². The Balaban J connectivity index is 1.80. The van der Waals surface area contributed by atoms with Crippen LogP contribution < -0.4 is 15.4 Å². The summed E-state index contributed by atoms with van der Waals surface area (Å²) in [6.07, 6.45) is 1.75. The van der Waals surface area contributed by atoms with Crippen molar-refractivity contribution in [2.24, 2.45) is 4.99 Å². The zero-order chi connectivity index (χ0) is 21.1. The lowest BCUT2D eigenvalue weighted by Crippen LogP contribution is -2.43. The lowest BCUT2D eigenvalue weighted by atomic mass is 10.1. The first-order valence-electron chi connectivity index (χ1n) is 10.00. The first-order valence-corrected chi connectivity index (χ1v) is 10.00. The van der Waals surface area contributed by atoms with Gasteiger partial charge in [0.25, 0.3) is 5.91 Å². The highest BCUT2D eigenvalue weighted by Gasteiger charge is 2.10. The number of hydrogen-bond acceptors (Lipinski definition) is 3. The molecule has 2 N–H and O–H groups in total. The van der Waals surface area contributed by atoms with Gasteiger partial charge in [-0.15, -0.1) is 0 Å². The monoisotopic (exact) mass is 396 g/mol. The number of para-hydroxylation sites is 1. The quantitative estimate of drug-likeness (QED) is 0.505. The molecule has 0 saturated carbocycles. The summed E-state index contributed by atoms with van der Waals surface area (Å²) in [4.78, 5) is 18.0. The summed E-state index contributed by atoms with van der Waals surface area (Å²) in [5.74, 6) is 1.62. The summed E-state index contributed by atoms with van der Waals surface area (Å²) < 4.78 is 6.01. The molecule has 0 radical (unpaired) electrons. The van der Waals surface area contributed by atoms with Gasteiger partial charge in [-0.2, -0.15) is 0 Å². The first kappa shape index (κ1) is 22.3. The summed E-state index contributed by atoms with van der Waals surface area (Å²) in [6, 6.07) is 17.6. The average Bonchev–Trinajstić information content (AvgIpc) is 2.75. The summed E-state index contributed by atoms with van der Waals surface area (Å²) in [5, 5.41) is 6.65. The van der Waals surface area contributed by atoms with Crippen LogP contribution in [0.1, 0.15) is 29.3 Å². The minimum absolute atomic E-state index is 0.0151. The maximum absolute atomic E-state index is 12.1. The number of benzene rings is 2. The van der Waals surface area contributed by atoms with E-state index in [1.807, 2.05) is 54.6 Å². The Kier molecular flexibility index (Phi) is 9.02. The molecule has 6 nitrogen and oxygen atoms in total. The number of amides is 1. The molecule has 0 saturated heterocycles. The second kappa shape index (κ2) is 11.7. The fraction of sp³-hybridized carbons (Fsp3) is 0.391. The number of rotatable bonds is 9. The molecule has 2 aromatic carbocycles. The van der Waals surface area contributed by atoms with Gasteiger partial charge in [-0.05, 0) is 42.7 Å². The van der Waals surface area contributed by atoms with Crippen molar-refractivity contribution in [3.05, 3.63) is 65.7 Å². The van der Waals surface area contributed by atoms with Crippen molar-refractivity contribution in [2.75, 3.05) is 34.2 Å². The molecule has 0 fully saturated rings. The van der Waals surface area contributed by atoms with Gasteiger partial charge in [0.05, 0.1) is 6.54 Å². The van der Waals surface area contributed by atoms with Crippen LogP contribution in [0, 0.1) is 0 Å². The van der Waals surface area contributed by atoms with E-state index in [4.69, 9.17) is 4.74 Å². The van der Waals surface area contributed by atoms with E-state index in [2.05, 4.69) is 22.5 Å². The van der Waals surface area contributed by atoms with Crippen molar-refractivity contribution in [2.45, 2.75) is 25.9 Å². The van der Waals surface area contributed by atoms with Gasteiger partial charge in [-0.3, -0.25) is 9.79 Å². The fourth-order valence-corrected chi connectivity index (χ4v) is 2.84. The van der Waals surface area contributed by atoms with Crippen molar-refractivity contribution in [1.29, 1.82) is 0 Å². The van der Waals surface area contributed by atoms with Crippen molar-refractivity contribution in [3.8, 4) is 5.75 Å². The second-order valence-corrected chi connectivity index (χ2v) is 6.99. The van der Waals surface area contributed by atoms with Crippen LogP contribution in [-0.2, 0) is 6.42 Å². The minimum Gasteiger partial charge on any atom is -0.489 e. The van der Waals surface area contributed by atoms with E-state index >= 15 is 0 Å². The molecule has 0 aliphatic heterocycles. The van der Waals surface area contributed by atoms with E-state index in [0.29, 0.717) is 12.1 Å². The first-order chi connectivity index (χ1) is 14.0.